The van der Waals surface area contributed by atoms with Crippen molar-refractivity contribution in [3.8, 4) is 0 Å². The molecule has 0 unspecified atom stereocenters. The number of urea groups is 1. The van der Waals surface area contributed by atoms with E-state index in [0.717, 1.165) is 83.1 Å². The van der Waals surface area contributed by atoms with Crippen LogP contribution >= 0.6 is 0 Å². The predicted octanol–water partition coefficient (Wildman–Crippen LogP) is 3.45. The molecule has 1 atom stereocenters. The number of hydrogen-bond donors (Lipinski definition) is 1. The quantitative estimate of drug-likeness (QED) is 0.800. The van der Waals surface area contributed by atoms with E-state index in [1.807, 2.05) is 47.5 Å². The van der Waals surface area contributed by atoms with Gasteiger partial charge in [0.15, 0.2) is 0 Å². The highest BCUT2D eigenvalue weighted by Gasteiger charge is 2.43. The van der Waals surface area contributed by atoms with Crippen LogP contribution in [0.5, 0.6) is 0 Å². The summed E-state index contributed by atoms with van der Waals surface area (Å²) < 4.78 is 6.36. The maximum absolute atomic E-state index is 12.7. The second-order valence-corrected chi connectivity index (χ2v) is 9.17. The minimum absolute atomic E-state index is 0.0101. The van der Waals surface area contributed by atoms with Crippen LogP contribution in [-0.4, -0.2) is 78.3 Å². The maximum Gasteiger partial charge on any atom is 0.321 e. The molecule has 0 radical (unpaired) electrons. The highest BCUT2D eigenvalue weighted by molar-refractivity contribution is 5.89. The highest BCUT2D eigenvalue weighted by Crippen LogP contribution is 2.37. The predicted molar refractivity (Wildman–Crippen MR) is 126 cm³/mol. The average molecular weight is 436 g/mol. The fourth-order valence-electron chi connectivity index (χ4n) is 5.36. The number of pyridine rings is 1. The molecule has 0 bridgehead atoms. The Morgan fingerprint density at radius 1 is 0.969 bits per heavy atom. The molecule has 0 saturated carbocycles. The average Bonchev–Trinajstić information content (AvgIpc) is 2.86. The number of nitrogens with one attached hydrogen (secondary N) is 1. The Labute approximate surface area is 190 Å². The molecular weight excluding hydrogens is 402 g/mol. The second kappa shape index (κ2) is 9.46. The molecule has 3 fully saturated rings. The summed E-state index contributed by atoms with van der Waals surface area (Å²) in [7, 11) is 0. The number of piperidine rings is 1. The van der Waals surface area contributed by atoms with Crippen LogP contribution in [0.15, 0.2) is 54.7 Å². The Balaban J connectivity index is 1.12. The number of aromatic nitrogens is 1. The number of para-hydroxylation sites is 1. The van der Waals surface area contributed by atoms with Gasteiger partial charge in [-0.05, 0) is 49.9 Å². The van der Waals surface area contributed by atoms with E-state index >= 15 is 0 Å². The van der Waals surface area contributed by atoms with E-state index in [1.54, 1.807) is 0 Å². The normalized spacial score (nSPS) is 23.8. The van der Waals surface area contributed by atoms with E-state index in [0.29, 0.717) is 6.04 Å². The monoisotopic (exact) mass is 435 g/mol. The van der Waals surface area contributed by atoms with Crippen molar-refractivity contribution in [2.45, 2.75) is 37.3 Å². The molecule has 1 spiro atoms. The molecule has 1 aromatic carbocycles. The molecule has 4 heterocycles. The lowest BCUT2D eigenvalue weighted by Gasteiger charge is -2.49. The summed E-state index contributed by atoms with van der Waals surface area (Å²) >= 11 is 0. The molecule has 0 aliphatic carbocycles. The van der Waals surface area contributed by atoms with Gasteiger partial charge in [0, 0.05) is 63.8 Å². The van der Waals surface area contributed by atoms with Crippen molar-refractivity contribution >= 4 is 17.5 Å². The van der Waals surface area contributed by atoms with E-state index in [2.05, 4.69) is 32.2 Å². The third kappa shape index (κ3) is 4.74. The molecule has 3 saturated heterocycles. The largest absolute Gasteiger partial charge is 0.375 e. The Morgan fingerprint density at radius 3 is 2.44 bits per heavy atom. The number of carbonyl (C=O) groups is 1. The first kappa shape index (κ1) is 21.2. The molecule has 32 heavy (non-hydrogen) atoms. The number of ether oxygens (including phenoxy) is 1. The third-order valence-electron chi connectivity index (χ3n) is 7.26. The summed E-state index contributed by atoms with van der Waals surface area (Å²) in [5.74, 6) is 1.08. The van der Waals surface area contributed by atoms with Crippen molar-refractivity contribution in [2.75, 3.05) is 56.1 Å². The molecule has 170 valence electrons. The smallest absolute Gasteiger partial charge is 0.321 e. The van der Waals surface area contributed by atoms with Gasteiger partial charge in [-0.1, -0.05) is 24.3 Å². The number of likely N-dealkylation sites (tertiary alicyclic amines) is 1. The molecule has 1 aromatic heterocycles. The van der Waals surface area contributed by atoms with Crippen molar-refractivity contribution in [3.05, 3.63) is 54.7 Å². The Bertz CT molecular complexity index is 878. The highest BCUT2D eigenvalue weighted by atomic mass is 16.5. The lowest BCUT2D eigenvalue weighted by molar-refractivity contribution is -0.129. The molecule has 3 aliphatic rings. The molecule has 1 N–H and O–H groups in total. The molecule has 7 nitrogen and oxygen atoms in total. The number of rotatable bonds is 3. The Kier molecular flexibility index (Phi) is 6.28. The zero-order valence-electron chi connectivity index (χ0n) is 18.7. The number of nitrogens with zero attached hydrogens (tertiary/aromatic N) is 4. The summed E-state index contributed by atoms with van der Waals surface area (Å²) in [5, 5.41) is 3.01. The fourth-order valence-corrected chi connectivity index (χ4v) is 5.36. The molecule has 2 amide bonds. The number of carbonyl (C=O) groups excluding carboxylic acids is 1. The van der Waals surface area contributed by atoms with Gasteiger partial charge in [0.2, 0.25) is 0 Å². The van der Waals surface area contributed by atoms with Crippen LogP contribution in [0.4, 0.5) is 16.3 Å². The molecule has 3 aliphatic heterocycles. The number of hydrogen-bond acceptors (Lipinski definition) is 5. The zero-order chi connectivity index (χ0) is 21.8. The van der Waals surface area contributed by atoms with Gasteiger partial charge in [-0.3, -0.25) is 4.90 Å². The second-order valence-electron chi connectivity index (χ2n) is 9.17. The lowest BCUT2D eigenvalue weighted by Crippen LogP contribution is -2.57. The van der Waals surface area contributed by atoms with E-state index in [9.17, 15) is 4.79 Å². The summed E-state index contributed by atoms with van der Waals surface area (Å²) in [5.41, 5.74) is 0.765. The van der Waals surface area contributed by atoms with Gasteiger partial charge in [-0.15, -0.1) is 0 Å². The minimum Gasteiger partial charge on any atom is -0.375 e. The number of anilines is 2. The first-order chi connectivity index (χ1) is 15.7. The lowest BCUT2D eigenvalue weighted by atomic mass is 9.81. The maximum atomic E-state index is 12.7. The van der Waals surface area contributed by atoms with Crippen LogP contribution in [-0.2, 0) is 4.74 Å². The SMILES string of the molecule is O=C(Nc1ccccc1)N1CCC2(CC1)C[C@H](N1CCN(c3ccccn3)CC1)CCO2. The molecule has 2 aromatic rings. The Hall–Kier alpha value is -2.64. The van der Waals surface area contributed by atoms with Gasteiger partial charge in [0.05, 0.1) is 5.60 Å². The van der Waals surface area contributed by atoms with Gasteiger partial charge < -0.3 is 19.9 Å². The van der Waals surface area contributed by atoms with Crippen LogP contribution in [0.25, 0.3) is 0 Å². The topological polar surface area (TPSA) is 60.9 Å². The summed E-state index contributed by atoms with van der Waals surface area (Å²) in [6.07, 6.45) is 5.88. The van der Waals surface area contributed by atoms with Crippen molar-refractivity contribution in [1.29, 1.82) is 0 Å². The first-order valence-electron chi connectivity index (χ1n) is 11.9. The summed E-state index contributed by atoms with van der Waals surface area (Å²) in [6, 6.07) is 16.4. The molecule has 7 heteroatoms. The first-order valence-corrected chi connectivity index (χ1v) is 11.9. The summed E-state index contributed by atoms with van der Waals surface area (Å²) in [6.45, 7) is 6.51. The number of benzene rings is 1. The van der Waals surface area contributed by atoms with E-state index < -0.39 is 0 Å². The standard InChI is InChI=1S/C25H33N5O2/c31-24(27-21-6-2-1-3-7-21)30-13-10-25(11-14-30)20-22(9-19-32-25)28-15-17-29(18-16-28)23-8-4-5-12-26-23/h1-8,12,22H,9-11,13-20H2,(H,27,31)/t22-/m1/s1. The van der Waals surface area contributed by atoms with Crippen molar-refractivity contribution < 1.29 is 9.53 Å². The van der Waals surface area contributed by atoms with Crippen LogP contribution in [0, 0.1) is 0 Å². The van der Waals surface area contributed by atoms with Gasteiger partial charge in [-0.25, -0.2) is 9.78 Å². The van der Waals surface area contributed by atoms with Crippen LogP contribution in [0.3, 0.4) is 0 Å². The van der Waals surface area contributed by atoms with Gasteiger partial charge in [-0.2, -0.15) is 0 Å². The van der Waals surface area contributed by atoms with E-state index in [4.69, 9.17) is 4.74 Å². The molecular formula is C25H33N5O2. The zero-order valence-corrected chi connectivity index (χ0v) is 18.7. The van der Waals surface area contributed by atoms with Crippen LogP contribution < -0.4 is 10.2 Å². The third-order valence-corrected chi connectivity index (χ3v) is 7.26. The number of piperazine rings is 1. The van der Waals surface area contributed by atoms with Crippen molar-refractivity contribution in [1.82, 2.24) is 14.8 Å². The van der Waals surface area contributed by atoms with Crippen molar-refractivity contribution in [2.24, 2.45) is 0 Å². The minimum atomic E-state index is -0.0788. The van der Waals surface area contributed by atoms with Crippen LogP contribution in [0.1, 0.15) is 25.7 Å². The van der Waals surface area contributed by atoms with E-state index in [-0.39, 0.29) is 11.6 Å². The molecule has 5 rings (SSSR count). The van der Waals surface area contributed by atoms with Gasteiger partial charge in [0.25, 0.3) is 0 Å². The van der Waals surface area contributed by atoms with Gasteiger partial charge >= 0.3 is 6.03 Å². The fraction of sp³-hybridized carbons (Fsp3) is 0.520. The summed E-state index contributed by atoms with van der Waals surface area (Å²) in [4.78, 5) is 24.1. The van der Waals surface area contributed by atoms with Gasteiger partial charge in [0.1, 0.15) is 5.82 Å². The number of amides is 2. The van der Waals surface area contributed by atoms with E-state index in [1.165, 1.54) is 0 Å². The van der Waals surface area contributed by atoms with Crippen LogP contribution in [0.2, 0.25) is 0 Å². The Morgan fingerprint density at radius 2 is 1.72 bits per heavy atom. The van der Waals surface area contributed by atoms with Crippen molar-refractivity contribution in [3.63, 3.8) is 0 Å².